The van der Waals surface area contributed by atoms with Crippen molar-refractivity contribution < 1.29 is 14.3 Å². The van der Waals surface area contributed by atoms with Crippen LogP contribution in [0.2, 0.25) is 0 Å². The van der Waals surface area contributed by atoms with Gasteiger partial charge in [0.1, 0.15) is 5.75 Å². The van der Waals surface area contributed by atoms with Gasteiger partial charge >= 0.3 is 0 Å². The molecule has 1 atom stereocenters. The van der Waals surface area contributed by atoms with E-state index >= 15 is 0 Å². The van der Waals surface area contributed by atoms with Crippen LogP contribution < -0.4 is 10.1 Å². The lowest BCUT2D eigenvalue weighted by molar-refractivity contribution is 0.0874. The van der Waals surface area contributed by atoms with Crippen LogP contribution in [0, 0.1) is 0 Å². The van der Waals surface area contributed by atoms with Crippen molar-refractivity contribution in [3.8, 4) is 11.6 Å². The Morgan fingerprint density at radius 1 is 1.10 bits per heavy atom. The molecular formula is C23H21N5O3. The summed E-state index contributed by atoms with van der Waals surface area (Å²) in [6.45, 7) is 1.43. The van der Waals surface area contributed by atoms with Crippen LogP contribution in [0.25, 0.3) is 11.0 Å². The van der Waals surface area contributed by atoms with Crippen LogP contribution in [-0.2, 0) is 4.74 Å². The number of ketones is 1. The number of anilines is 1. The topological polar surface area (TPSA) is 102 Å². The molecule has 2 aromatic heterocycles. The van der Waals surface area contributed by atoms with E-state index in [0.29, 0.717) is 35.4 Å². The molecule has 2 aromatic carbocycles. The number of ether oxygens (including phenoxy) is 2. The van der Waals surface area contributed by atoms with E-state index in [1.165, 1.54) is 0 Å². The van der Waals surface area contributed by atoms with Crippen molar-refractivity contribution in [2.75, 3.05) is 18.5 Å². The van der Waals surface area contributed by atoms with E-state index in [9.17, 15) is 4.79 Å². The fraction of sp³-hybridized carbons (Fsp3) is 0.217. The highest BCUT2D eigenvalue weighted by Gasteiger charge is 2.18. The molecule has 2 N–H and O–H groups in total. The highest BCUT2D eigenvalue weighted by atomic mass is 16.5. The second-order valence-electron chi connectivity index (χ2n) is 7.33. The number of hydrogen-bond donors (Lipinski definition) is 2. The Kier molecular flexibility index (Phi) is 5.28. The third kappa shape index (κ3) is 4.24. The summed E-state index contributed by atoms with van der Waals surface area (Å²) >= 11 is 0. The van der Waals surface area contributed by atoms with Crippen LogP contribution in [0.4, 0.5) is 5.82 Å². The predicted molar refractivity (Wildman–Crippen MR) is 116 cm³/mol. The van der Waals surface area contributed by atoms with E-state index in [2.05, 4.69) is 25.3 Å². The minimum absolute atomic E-state index is 0.177. The Hall–Kier alpha value is -3.78. The van der Waals surface area contributed by atoms with Gasteiger partial charge in [0.05, 0.1) is 23.7 Å². The number of para-hydroxylation sites is 2. The maximum atomic E-state index is 12.8. The first-order chi connectivity index (χ1) is 15.3. The zero-order chi connectivity index (χ0) is 21.0. The fourth-order valence-corrected chi connectivity index (χ4v) is 3.53. The standard InChI is InChI=1S/C23H21N5O3/c29-20(21-27-18-5-1-2-6-19(18)28-21)15-7-9-17(10-8-15)31-23-22(24-11-12-25-23)26-16-4-3-13-30-14-16/h1-2,5-12,16H,3-4,13-14H2,(H,24,26)(H,27,28). The van der Waals surface area contributed by atoms with Gasteiger partial charge in [-0.2, -0.15) is 0 Å². The Balaban J connectivity index is 1.31. The molecule has 1 aliphatic heterocycles. The summed E-state index contributed by atoms with van der Waals surface area (Å²) in [4.78, 5) is 28.9. The molecule has 8 nitrogen and oxygen atoms in total. The van der Waals surface area contributed by atoms with Gasteiger partial charge in [-0.1, -0.05) is 12.1 Å². The van der Waals surface area contributed by atoms with Gasteiger partial charge in [-0.3, -0.25) is 4.79 Å². The molecule has 0 bridgehead atoms. The smallest absolute Gasteiger partial charge is 0.262 e. The van der Waals surface area contributed by atoms with E-state index in [0.717, 1.165) is 30.5 Å². The Morgan fingerprint density at radius 3 is 2.74 bits per heavy atom. The van der Waals surface area contributed by atoms with Gasteiger partial charge < -0.3 is 19.8 Å². The summed E-state index contributed by atoms with van der Waals surface area (Å²) in [5, 5.41) is 3.34. The van der Waals surface area contributed by atoms with Gasteiger partial charge in [0.2, 0.25) is 5.78 Å². The van der Waals surface area contributed by atoms with Gasteiger partial charge in [0.15, 0.2) is 11.6 Å². The van der Waals surface area contributed by atoms with E-state index in [1.807, 2.05) is 24.3 Å². The lowest BCUT2D eigenvalue weighted by Gasteiger charge is -2.24. The van der Waals surface area contributed by atoms with E-state index in [-0.39, 0.29) is 11.8 Å². The quantitative estimate of drug-likeness (QED) is 0.460. The molecule has 0 spiro atoms. The molecule has 1 aliphatic rings. The number of imidazole rings is 1. The third-order valence-electron chi connectivity index (χ3n) is 5.10. The maximum Gasteiger partial charge on any atom is 0.262 e. The molecule has 0 aliphatic carbocycles. The number of nitrogens with one attached hydrogen (secondary N) is 2. The van der Waals surface area contributed by atoms with Crippen LogP contribution in [0.15, 0.2) is 60.9 Å². The fourth-order valence-electron chi connectivity index (χ4n) is 3.53. The van der Waals surface area contributed by atoms with Gasteiger partial charge in [0, 0.05) is 24.6 Å². The van der Waals surface area contributed by atoms with Crippen LogP contribution in [0.3, 0.4) is 0 Å². The van der Waals surface area contributed by atoms with Gasteiger partial charge in [-0.25, -0.2) is 15.0 Å². The van der Waals surface area contributed by atoms with E-state index in [4.69, 9.17) is 9.47 Å². The number of fused-ring (bicyclic) bond motifs is 1. The van der Waals surface area contributed by atoms with Gasteiger partial charge in [-0.15, -0.1) is 0 Å². The second-order valence-corrected chi connectivity index (χ2v) is 7.33. The average Bonchev–Trinajstić information content (AvgIpc) is 3.25. The van der Waals surface area contributed by atoms with E-state index in [1.54, 1.807) is 36.7 Å². The molecule has 8 heteroatoms. The Labute approximate surface area is 178 Å². The lowest BCUT2D eigenvalue weighted by Crippen LogP contribution is -2.30. The number of rotatable bonds is 6. The van der Waals surface area contributed by atoms with Crippen molar-refractivity contribution in [1.82, 2.24) is 19.9 Å². The summed E-state index contributed by atoms with van der Waals surface area (Å²) < 4.78 is 11.4. The zero-order valence-corrected chi connectivity index (χ0v) is 16.7. The minimum Gasteiger partial charge on any atom is -0.436 e. The van der Waals surface area contributed by atoms with Crippen LogP contribution in [0.5, 0.6) is 11.6 Å². The highest BCUT2D eigenvalue weighted by Crippen LogP contribution is 2.27. The van der Waals surface area contributed by atoms with Gasteiger partial charge in [-0.05, 0) is 49.2 Å². The highest BCUT2D eigenvalue weighted by molar-refractivity contribution is 6.08. The molecule has 156 valence electrons. The third-order valence-corrected chi connectivity index (χ3v) is 5.10. The maximum absolute atomic E-state index is 12.8. The van der Waals surface area contributed by atoms with Crippen molar-refractivity contribution in [3.63, 3.8) is 0 Å². The molecule has 1 saturated heterocycles. The van der Waals surface area contributed by atoms with Crippen LogP contribution in [0.1, 0.15) is 29.0 Å². The number of carbonyl (C=O) groups is 1. The molecule has 0 saturated carbocycles. The monoisotopic (exact) mass is 415 g/mol. The molecule has 1 unspecified atom stereocenters. The first-order valence-electron chi connectivity index (χ1n) is 10.2. The molecule has 4 aromatic rings. The number of benzene rings is 2. The largest absolute Gasteiger partial charge is 0.436 e. The van der Waals surface area contributed by atoms with Crippen molar-refractivity contribution in [3.05, 3.63) is 72.3 Å². The summed E-state index contributed by atoms with van der Waals surface area (Å²) in [7, 11) is 0. The molecule has 5 rings (SSSR count). The number of carbonyl (C=O) groups excluding carboxylic acids is 1. The van der Waals surface area contributed by atoms with E-state index < -0.39 is 0 Å². The second kappa shape index (κ2) is 8.53. The van der Waals surface area contributed by atoms with Crippen molar-refractivity contribution in [2.45, 2.75) is 18.9 Å². The first kappa shape index (κ1) is 19.2. The summed E-state index contributed by atoms with van der Waals surface area (Å²) in [6.07, 6.45) is 5.22. The normalized spacial score (nSPS) is 16.2. The molecular weight excluding hydrogens is 394 g/mol. The summed E-state index contributed by atoms with van der Waals surface area (Å²) in [6, 6.07) is 14.6. The zero-order valence-electron chi connectivity index (χ0n) is 16.7. The summed E-state index contributed by atoms with van der Waals surface area (Å²) in [5.74, 6) is 1.64. The number of aromatic amines is 1. The average molecular weight is 415 g/mol. The molecule has 31 heavy (non-hydrogen) atoms. The SMILES string of the molecule is O=C(c1ccc(Oc2nccnc2NC2CCCOC2)cc1)c1nc2ccccc2[nH]1. The number of nitrogens with zero attached hydrogens (tertiary/aromatic N) is 3. The Bertz CT molecular complexity index is 1170. The lowest BCUT2D eigenvalue weighted by atomic mass is 10.1. The first-order valence-corrected chi connectivity index (χ1v) is 10.2. The van der Waals surface area contributed by atoms with Crippen molar-refractivity contribution in [1.29, 1.82) is 0 Å². The van der Waals surface area contributed by atoms with Crippen LogP contribution in [-0.4, -0.2) is 45.0 Å². The van der Waals surface area contributed by atoms with Crippen LogP contribution >= 0.6 is 0 Å². The molecule has 3 heterocycles. The summed E-state index contributed by atoms with van der Waals surface area (Å²) in [5.41, 5.74) is 2.11. The molecule has 0 radical (unpaired) electrons. The van der Waals surface area contributed by atoms with Crippen molar-refractivity contribution >= 4 is 22.6 Å². The van der Waals surface area contributed by atoms with Gasteiger partial charge in [0.25, 0.3) is 5.88 Å². The number of hydrogen-bond acceptors (Lipinski definition) is 7. The number of H-pyrrole nitrogens is 1. The Morgan fingerprint density at radius 2 is 1.94 bits per heavy atom. The molecule has 0 amide bonds. The minimum atomic E-state index is -0.179. The molecule has 1 fully saturated rings. The van der Waals surface area contributed by atoms with Crippen molar-refractivity contribution in [2.24, 2.45) is 0 Å². The number of aromatic nitrogens is 4. The predicted octanol–water partition coefficient (Wildman–Crippen LogP) is 3.97.